The van der Waals surface area contributed by atoms with Gasteiger partial charge in [-0.3, -0.25) is 0 Å². The molecule has 0 aliphatic carbocycles. The summed E-state index contributed by atoms with van der Waals surface area (Å²) in [5.41, 5.74) is 3.44. The average Bonchev–Trinajstić information content (AvgIpc) is 2.66. The van der Waals surface area contributed by atoms with Gasteiger partial charge in [-0.05, 0) is 44.7 Å². The van der Waals surface area contributed by atoms with Gasteiger partial charge >= 0.3 is 0 Å². The lowest BCUT2D eigenvalue weighted by Gasteiger charge is -2.44. The Hall–Kier alpha value is -0.0631. The van der Waals surface area contributed by atoms with Crippen molar-refractivity contribution in [2.75, 3.05) is 0 Å². The topological polar surface area (TPSA) is 4.93 Å². The van der Waals surface area contributed by atoms with E-state index in [1.807, 2.05) is 0 Å². The van der Waals surface area contributed by atoms with Crippen LogP contribution in [0.2, 0.25) is 16.6 Å². The Labute approximate surface area is 146 Å². The predicted octanol–water partition coefficient (Wildman–Crippen LogP) is 7.19. The van der Waals surface area contributed by atoms with Gasteiger partial charge in [-0.25, -0.2) is 0 Å². The molecule has 1 aromatic carbocycles. The highest BCUT2D eigenvalue weighted by molar-refractivity contribution is 9.11. The Morgan fingerprint density at radius 3 is 1.90 bits per heavy atom. The highest BCUT2D eigenvalue weighted by atomic mass is 79.9. The Morgan fingerprint density at radius 2 is 1.43 bits per heavy atom. The van der Waals surface area contributed by atoms with Crippen molar-refractivity contribution >= 4 is 51.0 Å². The van der Waals surface area contributed by atoms with E-state index in [4.69, 9.17) is 0 Å². The molecule has 1 heterocycles. The molecule has 1 aromatic heterocycles. The third-order valence-electron chi connectivity index (χ3n) is 4.91. The zero-order valence-electron chi connectivity index (χ0n) is 13.7. The maximum Gasteiger partial charge on any atom is 0.169 e. The number of fused-ring (bicyclic) bond motifs is 1. The molecule has 116 valence electrons. The molecule has 0 saturated carbocycles. The molecule has 0 aliphatic rings. The zero-order valence-corrected chi connectivity index (χ0v) is 17.9. The van der Waals surface area contributed by atoms with Gasteiger partial charge < -0.3 is 4.23 Å². The quantitative estimate of drug-likeness (QED) is 0.452. The van der Waals surface area contributed by atoms with E-state index in [2.05, 4.69) is 102 Å². The number of hydrogen-bond donors (Lipinski definition) is 0. The van der Waals surface area contributed by atoms with Crippen LogP contribution < -0.4 is 0 Å². The first-order valence-electron chi connectivity index (χ1n) is 7.69. The molecule has 21 heavy (non-hydrogen) atoms. The molecule has 2 aromatic rings. The Morgan fingerprint density at radius 1 is 0.905 bits per heavy atom. The van der Waals surface area contributed by atoms with Crippen LogP contribution in [0.25, 0.3) is 10.9 Å². The second-order valence-corrected chi connectivity index (χ2v) is 14.4. The minimum Gasteiger partial charge on any atom is -0.372 e. The summed E-state index contributed by atoms with van der Waals surface area (Å²) in [4.78, 5) is 0. The molecule has 0 bridgehead atoms. The zero-order chi connectivity index (χ0) is 15.9. The Balaban J connectivity index is 2.86. The molecular formula is C17H25Br2NSi. The summed E-state index contributed by atoms with van der Waals surface area (Å²) in [5, 5.41) is 1.32. The molecule has 2 rings (SSSR count). The van der Waals surface area contributed by atoms with Gasteiger partial charge in [0, 0.05) is 26.0 Å². The van der Waals surface area contributed by atoms with Crippen molar-refractivity contribution in [1.82, 2.24) is 4.23 Å². The van der Waals surface area contributed by atoms with Crippen LogP contribution in [0.3, 0.4) is 0 Å². The lowest BCUT2D eigenvalue weighted by Crippen LogP contribution is -2.51. The van der Waals surface area contributed by atoms with E-state index < -0.39 is 8.24 Å². The number of benzene rings is 1. The molecule has 0 radical (unpaired) electrons. The van der Waals surface area contributed by atoms with Crippen molar-refractivity contribution in [3.05, 3.63) is 33.3 Å². The third kappa shape index (κ3) is 2.68. The van der Waals surface area contributed by atoms with Crippen LogP contribution in [-0.4, -0.2) is 12.5 Å². The van der Waals surface area contributed by atoms with Gasteiger partial charge in [-0.1, -0.05) is 63.5 Å². The first kappa shape index (κ1) is 17.3. The van der Waals surface area contributed by atoms with Crippen LogP contribution in [0.5, 0.6) is 0 Å². The molecule has 0 fully saturated rings. The number of hydrogen-bond acceptors (Lipinski definition) is 0. The van der Waals surface area contributed by atoms with Crippen molar-refractivity contribution in [2.45, 2.75) is 58.2 Å². The van der Waals surface area contributed by atoms with Crippen LogP contribution >= 0.6 is 31.9 Å². The molecule has 1 nitrogen and oxygen atoms in total. The number of halogens is 2. The summed E-state index contributed by atoms with van der Waals surface area (Å²) in [6.45, 7) is 14.4. The van der Waals surface area contributed by atoms with Crippen molar-refractivity contribution in [1.29, 1.82) is 0 Å². The van der Waals surface area contributed by atoms with Crippen LogP contribution in [0, 0.1) is 0 Å². The summed E-state index contributed by atoms with van der Waals surface area (Å²) in [6, 6.07) is 6.61. The van der Waals surface area contributed by atoms with E-state index in [9.17, 15) is 0 Å². The van der Waals surface area contributed by atoms with Crippen LogP contribution in [0.15, 0.2) is 33.3 Å². The first-order valence-corrected chi connectivity index (χ1v) is 11.5. The van der Waals surface area contributed by atoms with Gasteiger partial charge in [0.15, 0.2) is 8.24 Å². The fourth-order valence-electron chi connectivity index (χ4n) is 4.31. The minimum absolute atomic E-state index is 0.694. The number of rotatable bonds is 4. The second kappa shape index (κ2) is 6.21. The van der Waals surface area contributed by atoms with E-state index in [-0.39, 0.29) is 0 Å². The maximum absolute atomic E-state index is 3.77. The fourth-order valence-corrected chi connectivity index (χ4v) is 12.0. The minimum atomic E-state index is -1.70. The van der Waals surface area contributed by atoms with Crippen molar-refractivity contribution in [2.24, 2.45) is 0 Å². The highest BCUT2D eigenvalue weighted by Crippen LogP contribution is 2.45. The lowest BCUT2D eigenvalue weighted by molar-refractivity contribution is 0.772. The summed E-state index contributed by atoms with van der Waals surface area (Å²) in [6.07, 6.45) is 2.34. The smallest absolute Gasteiger partial charge is 0.169 e. The molecule has 0 amide bonds. The summed E-state index contributed by atoms with van der Waals surface area (Å²) in [5.74, 6) is 0. The van der Waals surface area contributed by atoms with Crippen molar-refractivity contribution < 1.29 is 0 Å². The van der Waals surface area contributed by atoms with Crippen LogP contribution in [0.4, 0.5) is 0 Å². The SMILES string of the molecule is CC(C)[Si](C(C)C)(C(C)C)n1cc(Br)c2ccc(Br)cc21. The number of aromatic nitrogens is 1. The number of nitrogens with zero attached hydrogens (tertiary/aromatic N) is 1. The molecular weight excluding hydrogens is 406 g/mol. The summed E-state index contributed by atoms with van der Waals surface area (Å²) >= 11 is 7.41. The van der Waals surface area contributed by atoms with Crippen molar-refractivity contribution in [3.63, 3.8) is 0 Å². The van der Waals surface area contributed by atoms with Gasteiger partial charge in [0.2, 0.25) is 0 Å². The third-order valence-corrected chi connectivity index (χ3v) is 12.8. The molecule has 0 atom stereocenters. The fraction of sp³-hybridized carbons (Fsp3) is 0.529. The highest BCUT2D eigenvalue weighted by Gasteiger charge is 2.45. The van der Waals surface area contributed by atoms with E-state index in [1.165, 1.54) is 15.4 Å². The molecule has 0 spiro atoms. The predicted molar refractivity (Wildman–Crippen MR) is 104 cm³/mol. The van der Waals surface area contributed by atoms with E-state index >= 15 is 0 Å². The normalized spacial score (nSPS) is 13.1. The Bertz CT molecular complexity index is 622. The summed E-state index contributed by atoms with van der Waals surface area (Å²) < 4.78 is 5.02. The van der Waals surface area contributed by atoms with Gasteiger partial charge in [0.05, 0.1) is 0 Å². The molecule has 0 saturated heterocycles. The van der Waals surface area contributed by atoms with E-state index in [0.29, 0.717) is 16.6 Å². The molecule has 0 N–H and O–H groups in total. The van der Waals surface area contributed by atoms with E-state index in [0.717, 1.165) is 4.47 Å². The lowest BCUT2D eigenvalue weighted by atomic mass is 10.3. The largest absolute Gasteiger partial charge is 0.372 e. The summed E-state index contributed by atoms with van der Waals surface area (Å²) in [7, 11) is -1.70. The standard InChI is InChI=1S/C17H25Br2NSi/c1-11(2)21(12(3)4,13(5)6)20-10-16(19)15-8-7-14(18)9-17(15)20/h7-13H,1-6H3. The van der Waals surface area contributed by atoms with Gasteiger partial charge in [-0.15, -0.1) is 0 Å². The molecule has 4 heteroatoms. The maximum atomic E-state index is 3.77. The Kier molecular flexibility index (Phi) is 5.11. The molecule has 0 aliphatic heterocycles. The second-order valence-electron chi connectivity index (χ2n) is 6.86. The van der Waals surface area contributed by atoms with Gasteiger partial charge in [-0.2, -0.15) is 0 Å². The average molecular weight is 431 g/mol. The van der Waals surface area contributed by atoms with Crippen LogP contribution in [0.1, 0.15) is 41.5 Å². The monoisotopic (exact) mass is 429 g/mol. The van der Waals surface area contributed by atoms with E-state index in [1.54, 1.807) is 0 Å². The van der Waals surface area contributed by atoms with Gasteiger partial charge in [0.1, 0.15) is 0 Å². The van der Waals surface area contributed by atoms with Crippen LogP contribution in [-0.2, 0) is 0 Å². The van der Waals surface area contributed by atoms with Gasteiger partial charge in [0.25, 0.3) is 0 Å². The first-order chi connectivity index (χ1) is 9.72. The van der Waals surface area contributed by atoms with Crippen molar-refractivity contribution in [3.8, 4) is 0 Å². The molecule has 0 unspecified atom stereocenters.